The van der Waals surface area contributed by atoms with E-state index in [2.05, 4.69) is 24.5 Å². The molecule has 1 rings (SSSR count). The Morgan fingerprint density at radius 1 is 1.41 bits per heavy atom. The van der Waals surface area contributed by atoms with Crippen molar-refractivity contribution in [2.45, 2.75) is 20.8 Å². The topological polar surface area (TPSA) is 33.3 Å². The molecule has 94 valence electrons. The summed E-state index contributed by atoms with van der Waals surface area (Å²) in [5, 5.41) is 6.79. The van der Waals surface area contributed by atoms with E-state index < -0.39 is 0 Å². The van der Waals surface area contributed by atoms with Crippen LogP contribution < -0.4 is 15.4 Å². The highest BCUT2D eigenvalue weighted by Crippen LogP contribution is 2.17. The van der Waals surface area contributed by atoms with Crippen LogP contribution in [0.3, 0.4) is 0 Å². The lowest BCUT2D eigenvalue weighted by Gasteiger charge is -2.12. The maximum atomic E-state index is 5.65. The number of ether oxygens (including phenoxy) is 1. The van der Waals surface area contributed by atoms with E-state index >= 15 is 0 Å². The van der Waals surface area contributed by atoms with E-state index in [9.17, 15) is 0 Å². The average Bonchev–Trinajstić information content (AvgIpc) is 2.27. The van der Waals surface area contributed by atoms with Crippen molar-refractivity contribution < 1.29 is 4.74 Å². The number of benzene rings is 1. The molecule has 0 heterocycles. The van der Waals surface area contributed by atoms with Crippen molar-refractivity contribution in [3.8, 4) is 5.75 Å². The molecule has 3 nitrogen and oxygen atoms in total. The van der Waals surface area contributed by atoms with Gasteiger partial charge in [-0.2, -0.15) is 0 Å². The van der Waals surface area contributed by atoms with Gasteiger partial charge in [-0.15, -0.1) is 0 Å². The van der Waals surface area contributed by atoms with Gasteiger partial charge in [-0.05, 0) is 37.2 Å². The smallest absolute Gasteiger partial charge is 0.170 e. The van der Waals surface area contributed by atoms with Crippen LogP contribution in [0.2, 0.25) is 0 Å². The summed E-state index contributed by atoms with van der Waals surface area (Å²) < 4.78 is 5.65. The molecule has 0 aliphatic carbocycles. The Morgan fingerprint density at radius 3 is 2.82 bits per heavy atom. The second-order valence-corrected chi connectivity index (χ2v) is 4.63. The molecule has 0 radical (unpaired) electrons. The molecule has 17 heavy (non-hydrogen) atoms. The van der Waals surface area contributed by atoms with Gasteiger partial charge in [0.2, 0.25) is 0 Å². The molecular formula is C13H20N2OS. The fourth-order valence-corrected chi connectivity index (χ4v) is 1.52. The van der Waals surface area contributed by atoms with E-state index in [1.807, 2.05) is 31.2 Å². The van der Waals surface area contributed by atoms with Gasteiger partial charge in [-0.25, -0.2) is 0 Å². The highest BCUT2D eigenvalue weighted by atomic mass is 32.1. The van der Waals surface area contributed by atoms with Crippen LogP contribution in [-0.4, -0.2) is 18.3 Å². The Hall–Kier alpha value is -1.29. The predicted molar refractivity (Wildman–Crippen MR) is 76.7 cm³/mol. The summed E-state index contributed by atoms with van der Waals surface area (Å²) in [5.41, 5.74) is 0.942. The maximum Gasteiger partial charge on any atom is 0.170 e. The van der Waals surface area contributed by atoms with Gasteiger partial charge >= 0.3 is 0 Å². The standard InChI is InChI=1S/C13H20N2OS/c1-4-14-13(17)15-11-6-5-7-12(8-11)16-9-10(2)3/h5-8,10H,4,9H2,1-3H3,(H2,14,15,17). The van der Waals surface area contributed by atoms with Crippen LogP contribution in [0.5, 0.6) is 5.75 Å². The monoisotopic (exact) mass is 252 g/mol. The molecule has 0 saturated carbocycles. The van der Waals surface area contributed by atoms with E-state index in [-0.39, 0.29) is 0 Å². The van der Waals surface area contributed by atoms with Gasteiger partial charge in [0.15, 0.2) is 5.11 Å². The van der Waals surface area contributed by atoms with E-state index in [0.717, 1.165) is 24.6 Å². The first kappa shape index (κ1) is 13.8. The summed E-state index contributed by atoms with van der Waals surface area (Å²) in [6, 6.07) is 7.81. The fourth-order valence-electron chi connectivity index (χ4n) is 1.26. The number of thiocarbonyl (C=S) groups is 1. The van der Waals surface area contributed by atoms with E-state index in [4.69, 9.17) is 17.0 Å². The molecule has 0 bridgehead atoms. The van der Waals surface area contributed by atoms with Crippen molar-refractivity contribution in [1.82, 2.24) is 5.32 Å². The normalized spacial score (nSPS) is 10.1. The number of hydrogen-bond donors (Lipinski definition) is 2. The quantitative estimate of drug-likeness (QED) is 0.789. The van der Waals surface area contributed by atoms with Gasteiger partial charge in [-0.3, -0.25) is 0 Å². The van der Waals surface area contributed by atoms with E-state index in [0.29, 0.717) is 11.0 Å². The van der Waals surface area contributed by atoms with Crippen molar-refractivity contribution in [1.29, 1.82) is 0 Å². The van der Waals surface area contributed by atoms with Crippen molar-refractivity contribution in [3.63, 3.8) is 0 Å². The Labute approximate surface area is 109 Å². The summed E-state index contributed by atoms with van der Waals surface area (Å²) in [7, 11) is 0. The van der Waals surface area contributed by atoms with Gasteiger partial charge in [0.25, 0.3) is 0 Å². The molecule has 0 spiro atoms. The van der Waals surface area contributed by atoms with Crippen molar-refractivity contribution in [2.24, 2.45) is 5.92 Å². The Kier molecular flexibility index (Phi) is 5.77. The second-order valence-electron chi connectivity index (χ2n) is 4.22. The molecule has 0 aliphatic rings. The van der Waals surface area contributed by atoms with Crippen LogP contribution in [0.4, 0.5) is 5.69 Å². The predicted octanol–water partition coefficient (Wildman–Crippen LogP) is 3.03. The lowest BCUT2D eigenvalue weighted by Crippen LogP contribution is -2.27. The molecule has 0 fully saturated rings. The molecule has 4 heteroatoms. The molecule has 0 aliphatic heterocycles. The minimum Gasteiger partial charge on any atom is -0.493 e. The maximum absolute atomic E-state index is 5.65. The summed E-state index contributed by atoms with van der Waals surface area (Å²) >= 11 is 5.12. The SMILES string of the molecule is CCNC(=S)Nc1cccc(OCC(C)C)c1. The molecule has 1 aromatic rings. The molecule has 0 amide bonds. The summed E-state index contributed by atoms with van der Waals surface area (Å²) in [6.45, 7) is 7.80. The molecule has 0 saturated heterocycles. The molecular weight excluding hydrogens is 232 g/mol. The highest BCUT2D eigenvalue weighted by molar-refractivity contribution is 7.80. The Morgan fingerprint density at radius 2 is 2.18 bits per heavy atom. The van der Waals surface area contributed by atoms with Crippen molar-refractivity contribution in [3.05, 3.63) is 24.3 Å². The summed E-state index contributed by atoms with van der Waals surface area (Å²) in [5.74, 6) is 1.39. The largest absolute Gasteiger partial charge is 0.493 e. The second kappa shape index (κ2) is 7.12. The van der Waals surface area contributed by atoms with E-state index in [1.165, 1.54) is 0 Å². The molecule has 2 N–H and O–H groups in total. The number of hydrogen-bond acceptors (Lipinski definition) is 2. The zero-order chi connectivity index (χ0) is 12.7. The van der Waals surface area contributed by atoms with Crippen LogP contribution in [0, 0.1) is 5.92 Å². The minimum absolute atomic E-state index is 0.523. The van der Waals surface area contributed by atoms with Crippen LogP contribution in [0.25, 0.3) is 0 Å². The lowest BCUT2D eigenvalue weighted by atomic mass is 10.2. The van der Waals surface area contributed by atoms with Crippen LogP contribution in [-0.2, 0) is 0 Å². The summed E-state index contributed by atoms with van der Waals surface area (Å²) in [6.07, 6.45) is 0. The van der Waals surface area contributed by atoms with Gasteiger partial charge in [0.05, 0.1) is 6.61 Å². The number of rotatable bonds is 5. The number of anilines is 1. The van der Waals surface area contributed by atoms with Gasteiger partial charge in [0.1, 0.15) is 5.75 Å². The first-order valence-corrected chi connectivity index (χ1v) is 6.30. The Bertz CT molecular complexity index is 366. The third-order valence-corrected chi connectivity index (χ3v) is 2.26. The van der Waals surface area contributed by atoms with Crippen LogP contribution >= 0.6 is 12.2 Å². The van der Waals surface area contributed by atoms with E-state index in [1.54, 1.807) is 0 Å². The third-order valence-electron chi connectivity index (χ3n) is 2.01. The zero-order valence-electron chi connectivity index (χ0n) is 10.6. The molecule has 0 atom stereocenters. The molecule has 0 aromatic heterocycles. The first-order chi connectivity index (χ1) is 8.11. The zero-order valence-corrected chi connectivity index (χ0v) is 11.4. The van der Waals surface area contributed by atoms with Gasteiger partial charge < -0.3 is 15.4 Å². The first-order valence-electron chi connectivity index (χ1n) is 5.89. The molecule has 1 aromatic carbocycles. The lowest BCUT2D eigenvalue weighted by molar-refractivity contribution is 0.271. The van der Waals surface area contributed by atoms with Crippen LogP contribution in [0.1, 0.15) is 20.8 Å². The van der Waals surface area contributed by atoms with Crippen molar-refractivity contribution >= 4 is 23.0 Å². The van der Waals surface area contributed by atoms with Gasteiger partial charge in [0, 0.05) is 18.3 Å². The number of nitrogens with one attached hydrogen (secondary N) is 2. The minimum atomic E-state index is 0.523. The molecule has 0 unspecified atom stereocenters. The van der Waals surface area contributed by atoms with Crippen molar-refractivity contribution in [2.75, 3.05) is 18.5 Å². The average molecular weight is 252 g/mol. The Balaban J connectivity index is 2.56. The summed E-state index contributed by atoms with van der Waals surface area (Å²) in [4.78, 5) is 0. The highest BCUT2D eigenvalue weighted by Gasteiger charge is 2.00. The van der Waals surface area contributed by atoms with Gasteiger partial charge in [-0.1, -0.05) is 19.9 Å². The van der Waals surface area contributed by atoms with Crippen LogP contribution in [0.15, 0.2) is 24.3 Å². The fraction of sp³-hybridized carbons (Fsp3) is 0.462. The third kappa shape index (κ3) is 5.54.